The second-order valence-electron chi connectivity index (χ2n) is 4.22. The predicted molar refractivity (Wildman–Crippen MR) is 62.6 cm³/mol. The molecule has 1 rings (SSSR count). The molecule has 0 atom stereocenters. The third-order valence-corrected chi connectivity index (χ3v) is 3.09. The van der Waals surface area contributed by atoms with E-state index in [2.05, 4.69) is 36.1 Å². The van der Waals surface area contributed by atoms with Crippen molar-refractivity contribution in [1.29, 1.82) is 0 Å². The number of rotatable bonds is 5. The van der Waals surface area contributed by atoms with Crippen LogP contribution in [0.2, 0.25) is 0 Å². The van der Waals surface area contributed by atoms with Gasteiger partial charge in [0, 0.05) is 18.3 Å². The molecule has 3 heteroatoms. The maximum atomic E-state index is 4.37. The monoisotopic (exact) mass is 207 g/mol. The number of aromatic nitrogens is 2. The van der Waals surface area contributed by atoms with Crippen LogP contribution in [0.4, 0.5) is 0 Å². The van der Waals surface area contributed by atoms with Gasteiger partial charge in [-0.2, -0.15) is 0 Å². The summed E-state index contributed by atoms with van der Waals surface area (Å²) in [6.45, 7) is 9.41. The molecule has 0 bridgehead atoms. The smallest absolute Gasteiger partial charge is 0.125 e. The Morgan fingerprint density at radius 3 is 2.53 bits per heavy atom. The van der Waals surface area contributed by atoms with Crippen molar-refractivity contribution in [1.82, 2.24) is 15.3 Å². The van der Waals surface area contributed by atoms with Crippen molar-refractivity contribution >= 4 is 0 Å². The highest BCUT2D eigenvalue weighted by Gasteiger charge is 2.18. The number of nitrogens with one attached hydrogen (secondary N) is 1. The largest absolute Gasteiger partial charge is 0.306 e. The molecule has 3 nitrogen and oxygen atoms in total. The van der Waals surface area contributed by atoms with E-state index in [0.29, 0.717) is 0 Å². The molecule has 84 valence electrons. The maximum absolute atomic E-state index is 4.37. The Hall–Kier alpha value is -0.960. The van der Waals surface area contributed by atoms with Gasteiger partial charge in [0.05, 0.1) is 5.69 Å². The van der Waals surface area contributed by atoms with E-state index in [1.807, 2.05) is 19.2 Å². The minimum atomic E-state index is 0.221. The first kappa shape index (κ1) is 12.1. The molecule has 0 aliphatic rings. The van der Waals surface area contributed by atoms with Crippen LogP contribution in [0.5, 0.6) is 0 Å². The topological polar surface area (TPSA) is 37.8 Å². The third-order valence-electron chi connectivity index (χ3n) is 3.09. The van der Waals surface area contributed by atoms with Crippen LogP contribution >= 0.6 is 0 Å². The van der Waals surface area contributed by atoms with Crippen molar-refractivity contribution in [3.8, 4) is 0 Å². The lowest BCUT2D eigenvalue weighted by molar-refractivity contribution is 0.327. The van der Waals surface area contributed by atoms with Crippen LogP contribution in [0.15, 0.2) is 12.3 Å². The van der Waals surface area contributed by atoms with Crippen molar-refractivity contribution < 1.29 is 0 Å². The zero-order valence-corrected chi connectivity index (χ0v) is 10.2. The van der Waals surface area contributed by atoms with E-state index in [-0.39, 0.29) is 5.54 Å². The van der Waals surface area contributed by atoms with E-state index in [4.69, 9.17) is 0 Å². The maximum Gasteiger partial charge on any atom is 0.125 e. The van der Waals surface area contributed by atoms with Crippen LogP contribution in [0, 0.1) is 6.92 Å². The Labute approximate surface area is 92.3 Å². The van der Waals surface area contributed by atoms with Crippen molar-refractivity contribution in [3.05, 3.63) is 23.8 Å². The molecule has 0 aromatic carbocycles. The quantitative estimate of drug-likeness (QED) is 0.806. The van der Waals surface area contributed by atoms with Gasteiger partial charge >= 0.3 is 0 Å². The third kappa shape index (κ3) is 3.59. The summed E-state index contributed by atoms with van der Waals surface area (Å²) >= 11 is 0. The van der Waals surface area contributed by atoms with Gasteiger partial charge in [-0.15, -0.1) is 0 Å². The number of aryl methyl sites for hydroxylation is 1. The molecule has 0 aliphatic heterocycles. The number of hydrogen-bond acceptors (Lipinski definition) is 3. The van der Waals surface area contributed by atoms with Crippen LogP contribution in [0.3, 0.4) is 0 Å². The minimum Gasteiger partial charge on any atom is -0.306 e. The molecule has 1 N–H and O–H groups in total. The molecular formula is C12H21N3. The van der Waals surface area contributed by atoms with E-state index in [1.165, 1.54) is 0 Å². The van der Waals surface area contributed by atoms with Crippen LogP contribution < -0.4 is 5.32 Å². The van der Waals surface area contributed by atoms with Gasteiger partial charge in [-0.25, -0.2) is 9.97 Å². The highest BCUT2D eigenvalue weighted by Crippen LogP contribution is 2.14. The van der Waals surface area contributed by atoms with Crippen molar-refractivity contribution in [2.75, 3.05) is 0 Å². The summed E-state index contributed by atoms with van der Waals surface area (Å²) in [7, 11) is 0. The zero-order valence-electron chi connectivity index (χ0n) is 10.2. The molecule has 0 saturated carbocycles. The van der Waals surface area contributed by atoms with Crippen LogP contribution in [0.25, 0.3) is 0 Å². The number of nitrogens with zero attached hydrogens (tertiary/aromatic N) is 2. The predicted octanol–water partition coefficient (Wildman–Crippen LogP) is 2.45. The van der Waals surface area contributed by atoms with Gasteiger partial charge < -0.3 is 5.32 Å². The van der Waals surface area contributed by atoms with Crippen molar-refractivity contribution in [3.63, 3.8) is 0 Å². The lowest BCUT2D eigenvalue weighted by Crippen LogP contribution is -2.40. The van der Waals surface area contributed by atoms with E-state index >= 15 is 0 Å². The molecule has 0 radical (unpaired) electrons. The molecule has 0 saturated heterocycles. The standard InChI is InChI=1S/C12H21N3/c1-5-12(4,6-2)14-9-11-7-8-13-10(3)15-11/h7-8,14H,5-6,9H2,1-4H3. The van der Waals surface area contributed by atoms with Gasteiger partial charge in [-0.05, 0) is 32.8 Å². The summed E-state index contributed by atoms with van der Waals surface area (Å²) in [5.41, 5.74) is 1.29. The van der Waals surface area contributed by atoms with Crippen LogP contribution in [0.1, 0.15) is 45.1 Å². The molecule has 0 spiro atoms. The van der Waals surface area contributed by atoms with E-state index in [1.54, 1.807) is 0 Å². The van der Waals surface area contributed by atoms with Gasteiger partial charge in [-0.3, -0.25) is 0 Å². The summed E-state index contributed by atoms with van der Waals surface area (Å²) in [6, 6.07) is 1.96. The highest BCUT2D eigenvalue weighted by molar-refractivity contribution is 5.02. The summed E-state index contributed by atoms with van der Waals surface area (Å²) in [5.74, 6) is 0.837. The fraction of sp³-hybridized carbons (Fsp3) is 0.667. The average molecular weight is 207 g/mol. The molecular weight excluding hydrogens is 186 g/mol. The van der Waals surface area contributed by atoms with Gasteiger partial charge in [0.15, 0.2) is 0 Å². The lowest BCUT2D eigenvalue weighted by Gasteiger charge is -2.28. The summed E-state index contributed by atoms with van der Waals surface area (Å²) < 4.78 is 0. The highest BCUT2D eigenvalue weighted by atomic mass is 15.0. The molecule has 0 unspecified atom stereocenters. The Bertz CT molecular complexity index is 305. The van der Waals surface area contributed by atoms with E-state index < -0.39 is 0 Å². The van der Waals surface area contributed by atoms with E-state index in [0.717, 1.165) is 30.9 Å². The fourth-order valence-electron chi connectivity index (χ4n) is 1.41. The zero-order chi connectivity index (χ0) is 11.3. The van der Waals surface area contributed by atoms with Gasteiger partial charge in [0.25, 0.3) is 0 Å². The lowest BCUT2D eigenvalue weighted by atomic mass is 9.95. The Morgan fingerprint density at radius 2 is 2.00 bits per heavy atom. The van der Waals surface area contributed by atoms with Crippen molar-refractivity contribution in [2.24, 2.45) is 0 Å². The second-order valence-corrected chi connectivity index (χ2v) is 4.22. The summed E-state index contributed by atoms with van der Waals surface area (Å²) in [6.07, 6.45) is 4.08. The van der Waals surface area contributed by atoms with Gasteiger partial charge in [0.2, 0.25) is 0 Å². The van der Waals surface area contributed by atoms with E-state index in [9.17, 15) is 0 Å². The SMILES string of the molecule is CCC(C)(CC)NCc1ccnc(C)n1. The Kier molecular flexibility index (Phi) is 4.21. The molecule has 0 aliphatic carbocycles. The first-order chi connectivity index (χ1) is 7.09. The normalized spacial score (nSPS) is 11.7. The molecule has 15 heavy (non-hydrogen) atoms. The molecule has 1 aromatic heterocycles. The summed E-state index contributed by atoms with van der Waals surface area (Å²) in [5, 5.41) is 3.55. The molecule has 0 amide bonds. The summed E-state index contributed by atoms with van der Waals surface area (Å²) in [4.78, 5) is 8.46. The minimum absolute atomic E-state index is 0.221. The first-order valence-corrected chi connectivity index (χ1v) is 5.63. The first-order valence-electron chi connectivity index (χ1n) is 5.63. The molecule has 1 heterocycles. The molecule has 1 aromatic rings. The van der Waals surface area contributed by atoms with Crippen molar-refractivity contribution in [2.45, 2.75) is 52.6 Å². The average Bonchev–Trinajstić information content (AvgIpc) is 2.26. The second kappa shape index (κ2) is 5.21. The fourth-order valence-corrected chi connectivity index (χ4v) is 1.41. The van der Waals surface area contributed by atoms with Gasteiger partial charge in [-0.1, -0.05) is 13.8 Å². The molecule has 0 fully saturated rings. The van der Waals surface area contributed by atoms with Crippen LogP contribution in [-0.2, 0) is 6.54 Å². The Balaban J connectivity index is 2.56. The Morgan fingerprint density at radius 1 is 1.33 bits per heavy atom. The van der Waals surface area contributed by atoms with Crippen LogP contribution in [-0.4, -0.2) is 15.5 Å². The number of hydrogen-bond donors (Lipinski definition) is 1. The van der Waals surface area contributed by atoms with Gasteiger partial charge in [0.1, 0.15) is 5.82 Å².